The van der Waals surface area contributed by atoms with Crippen molar-refractivity contribution < 1.29 is 4.79 Å². The number of imidazole rings is 1. The summed E-state index contributed by atoms with van der Waals surface area (Å²) in [6.45, 7) is 4.36. The second-order valence-corrected chi connectivity index (χ2v) is 6.84. The summed E-state index contributed by atoms with van der Waals surface area (Å²) in [4.78, 5) is 23.3. The number of carbonyl (C=O) groups is 1. The van der Waals surface area contributed by atoms with Crippen molar-refractivity contribution >= 4 is 17.2 Å². The van der Waals surface area contributed by atoms with Gasteiger partial charge in [0.05, 0.1) is 10.9 Å². The van der Waals surface area contributed by atoms with Crippen molar-refractivity contribution in [1.82, 2.24) is 19.4 Å². The molecule has 1 fully saturated rings. The number of hydrogen-bond acceptors (Lipinski definition) is 4. The third-order valence-electron chi connectivity index (χ3n) is 4.04. The summed E-state index contributed by atoms with van der Waals surface area (Å²) in [7, 11) is 4.09. The molecule has 1 atom stereocenters. The van der Waals surface area contributed by atoms with Crippen molar-refractivity contribution in [2.45, 2.75) is 13.0 Å². The number of carbonyl (C=O) groups excluding carboxylic acids is 1. The number of aromatic nitrogens is 2. The minimum atomic E-state index is 0.139. The molecule has 0 aliphatic carbocycles. The number of aryl methyl sites for hydroxylation is 2. The SMILES string of the molecule is Cc1ccc(C(=O)N2CCN(C)[C@H](c3nccn3C)C2)s1. The molecule has 1 aliphatic heterocycles. The Labute approximate surface area is 128 Å². The van der Waals surface area contributed by atoms with Gasteiger partial charge >= 0.3 is 0 Å². The highest BCUT2D eigenvalue weighted by Gasteiger charge is 2.31. The van der Waals surface area contributed by atoms with Gasteiger partial charge in [0.15, 0.2) is 0 Å². The van der Waals surface area contributed by atoms with Crippen molar-refractivity contribution in [3.05, 3.63) is 40.1 Å². The number of likely N-dealkylation sites (N-methyl/N-ethyl adjacent to an activating group) is 1. The van der Waals surface area contributed by atoms with Gasteiger partial charge in [-0.05, 0) is 26.1 Å². The van der Waals surface area contributed by atoms with Crippen molar-refractivity contribution in [1.29, 1.82) is 0 Å². The van der Waals surface area contributed by atoms with Gasteiger partial charge < -0.3 is 9.47 Å². The molecule has 112 valence electrons. The maximum absolute atomic E-state index is 12.6. The number of thiophene rings is 1. The van der Waals surface area contributed by atoms with Crippen LogP contribution in [0.15, 0.2) is 24.5 Å². The molecule has 5 nitrogen and oxygen atoms in total. The van der Waals surface area contributed by atoms with Gasteiger partial charge in [0.1, 0.15) is 5.82 Å². The predicted octanol–water partition coefficient (Wildman–Crippen LogP) is 1.92. The summed E-state index contributed by atoms with van der Waals surface area (Å²) in [6, 6.07) is 4.09. The van der Waals surface area contributed by atoms with Crippen LogP contribution < -0.4 is 0 Å². The quantitative estimate of drug-likeness (QED) is 0.851. The maximum atomic E-state index is 12.6. The lowest BCUT2D eigenvalue weighted by atomic mass is 10.1. The molecular formula is C15H20N4OS. The molecule has 0 N–H and O–H groups in total. The molecule has 0 unspecified atom stereocenters. The number of hydrogen-bond donors (Lipinski definition) is 0. The van der Waals surface area contributed by atoms with Crippen molar-refractivity contribution in [3.8, 4) is 0 Å². The molecule has 0 spiro atoms. The molecule has 3 rings (SSSR count). The standard InChI is InChI=1S/C15H20N4OS/c1-11-4-5-13(21-11)15(20)19-9-8-17(2)12(10-19)14-16-6-7-18(14)3/h4-7,12H,8-10H2,1-3H3/t12-/m0/s1. The minimum Gasteiger partial charge on any atom is -0.337 e. The minimum absolute atomic E-state index is 0.139. The van der Waals surface area contributed by atoms with Crippen LogP contribution in [0.2, 0.25) is 0 Å². The first-order valence-electron chi connectivity index (χ1n) is 7.09. The van der Waals surface area contributed by atoms with Gasteiger partial charge in [-0.3, -0.25) is 9.69 Å². The highest BCUT2D eigenvalue weighted by molar-refractivity contribution is 7.13. The van der Waals surface area contributed by atoms with E-state index in [-0.39, 0.29) is 11.9 Å². The van der Waals surface area contributed by atoms with Gasteiger partial charge in [-0.15, -0.1) is 11.3 Å². The molecule has 2 aromatic rings. The number of nitrogens with zero attached hydrogens (tertiary/aromatic N) is 4. The molecule has 21 heavy (non-hydrogen) atoms. The molecule has 3 heterocycles. The van der Waals surface area contributed by atoms with Crippen LogP contribution in [-0.4, -0.2) is 51.9 Å². The Bertz CT molecular complexity index is 648. The van der Waals surface area contributed by atoms with Gasteiger partial charge in [-0.1, -0.05) is 0 Å². The molecule has 0 bridgehead atoms. The Kier molecular flexibility index (Phi) is 3.82. The van der Waals surface area contributed by atoms with E-state index in [2.05, 4.69) is 16.9 Å². The molecule has 0 aromatic carbocycles. The Morgan fingerprint density at radius 2 is 2.14 bits per heavy atom. The summed E-state index contributed by atoms with van der Waals surface area (Å²) >= 11 is 1.57. The van der Waals surface area contributed by atoms with Gasteiger partial charge in [-0.2, -0.15) is 0 Å². The van der Waals surface area contributed by atoms with Crippen LogP contribution in [0.5, 0.6) is 0 Å². The van der Waals surface area contributed by atoms with E-state index in [9.17, 15) is 4.79 Å². The number of amides is 1. The highest BCUT2D eigenvalue weighted by Crippen LogP contribution is 2.25. The van der Waals surface area contributed by atoms with Crippen molar-refractivity contribution in [3.63, 3.8) is 0 Å². The van der Waals surface area contributed by atoms with Crippen LogP contribution in [0.1, 0.15) is 26.4 Å². The van der Waals surface area contributed by atoms with E-state index >= 15 is 0 Å². The van der Waals surface area contributed by atoms with E-state index in [1.54, 1.807) is 11.3 Å². The third-order valence-corrected chi connectivity index (χ3v) is 5.03. The van der Waals surface area contributed by atoms with Gasteiger partial charge in [0.2, 0.25) is 0 Å². The molecule has 2 aromatic heterocycles. The second kappa shape index (κ2) is 5.61. The van der Waals surface area contributed by atoms with Crippen molar-refractivity contribution in [2.24, 2.45) is 7.05 Å². The fourth-order valence-corrected chi connectivity index (χ4v) is 3.58. The smallest absolute Gasteiger partial charge is 0.264 e. The topological polar surface area (TPSA) is 41.4 Å². The Morgan fingerprint density at radius 3 is 2.76 bits per heavy atom. The molecule has 6 heteroatoms. The summed E-state index contributed by atoms with van der Waals surface area (Å²) in [6.07, 6.45) is 3.76. The normalized spacial score (nSPS) is 20.0. The fourth-order valence-electron chi connectivity index (χ4n) is 2.74. The van der Waals surface area contributed by atoms with Crippen LogP contribution in [0.4, 0.5) is 0 Å². The Hall–Kier alpha value is -1.66. The summed E-state index contributed by atoms with van der Waals surface area (Å²) in [5.74, 6) is 1.15. The molecule has 1 aliphatic rings. The van der Waals surface area contributed by atoms with E-state index in [0.29, 0.717) is 6.54 Å². The maximum Gasteiger partial charge on any atom is 0.264 e. The lowest BCUT2D eigenvalue weighted by Gasteiger charge is -2.38. The average Bonchev–Trinajstić information content (AvgIpc) is 3.07. The first-order chi connectivity index (χ1) is 10.1. The van der Waals surface area contributed by atoms with E-state index in [1.165, 1.54) is 4.88 Å². The number of rotatable bonds is 2. The zero-order valence-electron chi connectivity index (χ0n) is 12.6. The monoisotopic (exact) mass is 304 g/mol. The Morgan fingerprint density at radius 1 is 1.33 bits per heavy atom. The molecule has 1 amide bonds. The van der Waals surface area contributed by atoms with Gasteiger partial charge in [0.25, 0.3) is 5.91 Å². The zero-order chi connectivity index (χ0) is 15.0. The number of piperazine rings is 1. The largest absolute Gasteiger partial charge is 0.337 e. The second-order valence-electron chi connectivity index (χ2n) is 5.55. The van der Waals surface area contributed by atoms with Crippen LogP contribution in [0, 0.1) is 6.92 Å². The molecule has 1 saturated heterocycles. The first kappa shape index (κ1) is 14.3. The first-order valence-corrected chi connectivity index (χ1v) is 7.91. The van der Waals surface area contributed by atoms with E-state index in [0.717, 1.165) is 23.8 Å². The lowest BCUT2D eigenvalue weighted by Crippen LogP contribution is -2.49. The molecular weight excluding hydrogens is 284 g/mol. The summed E-state index contributed by atoms with van der Waals surface area (Å²) in [5, 5.41) is 0. The third kappa shape index (κ3) is 2.73. The van der Waals surface area contributed by atoms with E-state index in [1.807, 2.05) is 48.0 Å². The predicted molar refractivity (Wildman–Crippen MR) is 83.5 cm³/mol. The van der Waals surface area contributed by atoms with Crippen molar-refractivity contribution in [2.75, 3.05) is 26.7 Å². The van der Waals surface area contributed by atoms with E-state index < -0.39 is 0 Å². The van der Waals surface area contributed by atoms with E-state index in [4.69, 9.17) is 0 Å². The molecule has 0 saturated carbocycles. The van der Waals surface area contributed by atoms with Crippen LogP contribution >= 0.6 is 11.3 Å². The van der Waals surface area contributed by atoms with Crippen LogP contribution in [0.25, 0.3) is 0 Å². The summed E-state index contributed by atoms with van der Waals surface area (Å²) < 4.78 is 2.03. The highest BCUT2D eigenvalue weighted by atomic mass is 32.1. The molecule has 0 radical (unpaired) electrons. The zero-order valence-corrected chi connectivity index (χ0v) is 13.4. The lowest BCUT2D eigenvalue weighted by molar-refractivity contribution is 0.0533. The average molecular weight is 304 g/mol. The van der Waals surface area contributed by atoms with Gasteiger partial charge in [0, 0.05) is 44.0 Å². The Balaban J connectivity index is 1.80. The fraction of sp³-hybridized carbons (Fsp3) is 0.467. The summed E-state index contributed by atoms with van der Waals surface area (Å²) in [5.41, 5.74) is 0. The van der Waals surface area contributed by atoms with Crippen LogP contribution in [0.3, 0.4) is 0 Å². The van der Waals surface area contributed by atoms with Crippen LogP contribution in [-0.2, 0) is 7.05 Å². The van der Waals surface area contributed by atoms with Gasteiger partial charge in [-0.25, -0.2) is 4.98 Å².